The summed E-state index contributed by atoms with van der Waals surface area (Å²) in [6.45, 7) is 3.67. The maximum absolute atomic E-state index is 13.6. The number of likely N-dealkylation sites (N-methyl/N-ethyl adjacent to an activating group) is 1. The van der Waals surface area contributed by atoms with Gasteiger partial charge in [0.25, 0.3) is 0 Å². The van der Waals surface area contributed by atoms with Crippen LogP contribution in [0.4, 0.5) is 4.39 Å². The van der Waals surface area contributed by atoms with Crippen molar-refractivity contribution < 1.29 is 14.0 Å². The largest absolute Gasteiger partial charge is 0.345 e. The number of rotatable bonds is 10. The fraction of sp³-hybridized carbons (Fsp3) is 0.429. The average molecular weight is 496 g/mol. The Hall–Kier alpha value is -2.93. The summed E-state index contributed by atoms with van der Waals surface area (Å²) in [6.07, 6.45) is 7.80. The Balaban J connectivity index is 1.48. The van der Waals surface area contributed by atoms with Gasteiger partial charge in [-0.2, -0.15) is 0 Å². The molecule has 0 atom stereocenters. The van der Waals surface area contributed by atoms with Gasteiger partial charge in [0.05, 0.1) is 19.5 Å². The van der Waals surface area contributed by atoms with E-state index in [-0.39, 0.29) is 30.2 Å². The number of hydrogen-bond acceptors (Lipinski definition) is 3. The third kappa shape index (κ3) is 6.82. The number of amides is 2. The fourth-order valence-electron chi connectivity index (χ4n) is 4.83. The average Bonchev–Trinajstić information content (AvgIpc) is 3.54. The van der Waals surface area contributed by atoms with E-state index in [2.05, 4.69) is 4.57 Å². The molecule has 2 heterocycles. The predicted octanol–water partition coefficient (Wildman–Crippen LogP) is 5.49. The molecule has 35 heavy (non-hydrogen) atoms. The molecule has 1 aliphatic carbocycles. The number of thiophene rings is 1. The van der Waals surface area contributed by atoms with Crippen molar-refractivity contribution in [1.82, 2.24) is 14.4 Å². The predicted molar refractivity (Wildman–Crippen MR) is 138 cm³/mol. The van der Waals surface area contributed by atoms with E-state index in [0.717, 1.165) is 41.8 Å². The number of aromatic nitrogens is 1. The second kappa shape index (κ2) is 12.2. The molecule has 0 bridgehead atoms. The van der Waals surface area contributed by atoms with Gasteiger partial charge >= 0.3 is 0 Å². The Kier molecular flexibility index (Phi) is 8.74. The quantitative estimate of drug-likeness (QED) is 0.373. The van der Waals surface area contributed by atoms with Crippen molar-refractivity contribution in [3.8, 4) is 0 Å². The molecule has 186 valence electrons. The first-order chi connectivity index (χ1) is 17.0. The van der Waals surface area contributed by atoms with Gasteiger partial charge < -0.3 is 14.4 Å². The van der Waals surface area contributed by atoms with Crippen LogP contribution in [0.25, 0.3) is 0 Å². The van der Waals surface area contributed by atoms with Crippen molar-refractivity contribution in [3.63, 3.8) is 0 Å². The maximum Gasteiger partial charge on any atom is 0.242 e. The first-order valence-corrected chi connectivity index (χ1v) is 13.4. The smallest absolute Gasteiger partial charge is 0.242 e. The van der Waals surface area contributed by atoms with Gasteiger partial charge in [-0.15, -0.1) is 11.3 Å². The Morgan fingerprint density at radius 3 is 2.49 bits per heavy atom. The van der Waals surface area contributed by atoms with Crippen LogP contribution in [-0.2, 0) is 29.1 Å². The van der Waals surface area contributed by atoms with Gasteiger partial charge in [0.1, 0.15) is 5.82 Å². The van der Waals surface area contributed by atoms with Crippen molar-refractivity contribution >= 4 is 23.2 Å². The van der Waals surface area contributed by atoms with Crippen LogP contribution in [0.15, 0.2) is 60.1 Å². The third-order valence-corrected chi connectivity index (χ3v) is 7.70. The lowest BCUT2D eigenvalue weighted by Crippen LogP contribution is -2.47. The molecule has 0 saturated heterocycles. The zero-order valence-corrected chi connectivity index (χ0v) is 21.2. The first kappa shape index (κ1) is 25.2. The van der Waals surface area contributed by atoms with Gasteiger partial charge in [-0.05, 0) is 61.0 Å². The minimum Gasteiger partial charge on any atom is -0.345 e. The summed E-state index contributed by atoms with van der Waals surface area (Å²) in [4.78, 5) is 31.2. The lowest BCUT2D eigenvalue weighted by molar-refractivity contribution is -0.142. The molecule has 4 rings (SSSR count). The highest BCUT2D eigenvalue weighted by atomic mass is 32.1. The molecule has 0 radical (unpaired) electrons. The van der Waals surface area contributed by atoms with Crippen LogP contribution in [0.3, 0.4) is 0 Å². The Morgan fingerprint density at radius 1 is 1.03 bits per heavy atom. The van der Waals surface area contributed by atoms with Crippen LogP contribution in [0.5, 0.6) is 0 Å². The van der Waals surface area contributed by atoms with Gasteiger partial charge in [0.15, 0.2) is 0 Å². The third-order valence-electron chi connectivity index (χ3n) is 6.82. The minimum absolute atomic E-state index is 0.00723. The van der Waals surface area contributed by atoms with Gasteiger partial charge in [-0.25, -0.2) is 4.39 Å². The molecular formula is C28H34FN3O2S. The van der Waals surface area contributed by atoms with Crippen molar-refractivity contribution in [2.75, 3.05) is 13.1 Å². The van der Waals surface area contributed by atoms with Gasteiger partial charge in [-0.1, -0.05) is 37.5 Å². The minimum atomic E-state index is -0.246. The molecule has 5 nitrogen and oxygen atoms in total. The van der Waals surface area contributed by atoms with E-state index in [4.69, 9.17) is 0 Å². The molecule has 0 N–H and O–H groups in total. The highest BCUT2D eigenvalue weighted by Crippen LogP contribution is 2.25. The normalized spacial score (nSPS) is 14.1. The van der Waals surface area contributed by atoms with E-state index in [1.54, 1.807) is 28.4 Å². The van der Waals surface area contributed by atoms with Crippen molar-refractivity contribution in [1.29, 1.82) is 0 Å². The molecule has 1 aromatic carbocycles. The molecule has 2 aromatic heterocycles. The number of carbonyl (C=O) groups excluding carboxylic acids is 2. The molecule has 0 aliphatic heterocycles. The van der Waals surface area contributed by atoms with Crippen LogP contribution in [0, 0.1) is 5.82 Å². The molecule has 2 amide bonds. The van der Waals surface area contributed by atoms with E-state index in [1.165, 1.54) is 18.6 Å². The zero-order valence-electron chi connectivity index (χ0n) is 20.4. The summed E-state index contributed by atoms with van der Waals surface area (Å²) in [5.41, 5.74) is 2.05. The molecular weight excluding hydrogens is 461 g/mol. The highest BCUT2D eigenvalue weighted by molar-refractivity contribution is 7.10. The SMILES string of the molecule is CCN(CC(=O)N(Cc1cccn1Cc1ccc(F)cc1)C1CCCCC1)C(=O)Cc1cccs1. The Labute approximate surface area is 211 Å². The molecule has 0 spiro atoms. The van der Waals surface area contributed by atoms with E-state index in [9.17, 15) is 14.0 Å². The van der Waals surface area contributed by atoms with E-state index in [0.29, 0.717) is 26.1 Å². The van der Waals surface area contributed by atoms with Crippen molar-refractivity contribution in [2.24, 2.45) is 0 Å². The van der Waals surface area contributed by atoms with Crippen molar-refractivity contribution in [3.05, 3.63) is 82.1 Å². The van der Waals surface area contributed by atoms with Crippen molar-refractivity contribution in [2.45, 2.75) is 64.6 Å². The number of benzene rings is 1. The molecule has 1 aliphatic rings. The zero-order chi connectivity index (χ0) is 24.6. The Bertz CT molecular complexity index is 1090. The first-order valence-electron chi connectivity index (χ1n) is 12.5. The van der Waals surface area contributed by atoms with Crippen LogP contribution in [0.2, 0.25) is 0 Å². The monoisotopic (exact) mass is 495 g/mol. The summed E-state index contributed by atoms with van der Waals surface area (Å²) in [6, 6.07) is 14.7. The van der Waals surface area contributed by atoms with Gasteiger partial charge in [0, 0.05) is 35.9 Å². The topological polar surface area (TPSA) is 45.6 Å². The van der Waals surface area contributed by atoms with Crippen LogP contribution in [-0.4, -0.2) is 45.3 Å². The summed E-state index contributed by atoms with van der Waals surface area (Å²) in [7, 11) is 0. The van der Waals surface area contributed by atoms with Gasteiger partial charge in [0.2, 0.25) is 11.8 Å². The number of halogens is 1. The molecule has 0 unspecified atom stereocenters. The van der Waals surface area contributed by atoms with E-state index >= 15 is 0 Å². The summed E-state index contributed by atoms with van der Waals surface area (Å²) in [5.74, 6) is -0.246. The van der Waals surface area contributed by atoms with E-state index in [1.807, 2.05) is 47.7 Å². The molecule has 3 aromatic rings. The Morgan fingerprint density at radius 2 is 1.80 bits per heavy atom. The summed E-state index contributed by atoms with van der Waals surface area (Å²) < 4.78 is 15.4. The second-order valence-electron chi connectivity index (χ2n) is 9.23. The summed E-state index contributed by atoms with van der Waals surface area (Å²) in [5, 5.41) is 1.97. The van der Waals surface area contributed by atoms with Gasteiger partial charge in [-0.3, -0.25) is 9.59 Å². The van der Waals surface area contributed by atoms with E-state index < -0.39 is 0 Å². The second-order valence-corrected chi connectivity index (χ2v) is 10.3. The molecule has 1 saturated carbocycles. The van der Waals surface area contributed by atoms with Crippen LogP contribution < -0.4 is 0 Å². The standard InChI is InChI=1S/C28H34FN3O2S/c1-2-30(27(33)18-26-11-7-17-35-26)21-28(34)32(24-8-4-3-5-9-24)20-25-10-6-16-31(25)19-22-12-14-23(29)15-13-22/h6-7,10-17,24H,2-5,8-9,18-21H2,1H3. The maximum atomic E-state index is 13.6. The number of hydrogen-bond donors (Lipinski definition) is 0. The molecule has 1 fully saturated rings. The number of carbonyl (C=O) groups is 2. The summed E-state index contributed by atoms with van der Waals surface area (Å²) >= 11 is 1.57. The number of nitrogens with zero attached hydrogens (tertiary/aromatic N) is 3. The molecule has 7 heteroatoms. The van der Waals surface area contributed by atoms with Crippen LogP contribution >= 0.6 is 11.3 Å². The van der Waals surface area contributed by atoms with Crippen LogP contribution in [0.1, 0.15) is 55.2 Å². The fourth-order valence-corrected chi connectivity index (χ4v) is 5.52. The highest BCUT2D eigenvalue weighted by Gasteiger charge is 2.28. The lowest BCUT2D eigenvalue weighted by Gasteiger charge is -2.36. The lowest BCUT2D eigenvalue weighted by atomic mass is 9.94.